The van der Waals surface area contributed by atoms with E-state index in [0.29, 0.717) is 0 Å². The maximum Gasteiger partial charge on any atom is 0.119 e. The highest BCUT2D eigenvalue weighted by Crippen LogP contribution is 2.35. The lowest BCUT2D eigenvalue weighted by Gasteiger charge is -2.25. The van der Waals surface area contributed by atoms with Gasteiger partial charge < -0.3 is 9.64 Å². The van der Waals surface area contributed by atoms with Crippen LogP contribution in [0.3, 0.4) is 0 Å². The Morgan fingerprint density at radius 1 is 0.553 bits per heavy atom. The van der Waals surface area contributed by atoms with E-state index in [9.17, 15) is 0 Å². The van der Waals surface area contributed by atoms with Crippen molar-refractivity contribution in [3.05, 3.63) is 204 Å². The van der Waals surface area contributed by atoms with Gasteiger partial charge in [0.15, 0.2) is 0 Å². The molecule has 0 aliphatic heterocycles. The average Bonchev–Trinajstić information content (AvgIpc) is 3.12. The summed E-state index contributed by atoms with van der Waals surface area (Å²) < 4.78 is 5.53. The zero-order chi connectivity index (χ0) is 31.6. The van der Waals surface area contributed by atoms with Gasteiger partial charge in [0.25, 0.3) is 0 Å². The number of hydrogen-bond acceptors (Lipinski definition) is 2. The van der Waals surface area contributed by atoms with Gasteiger partial charge in [0.2, 0.25) is 0 Å². The smallest absolute Gasteiger partial charge is 0.119 e. The molecule has 0 aliphatic carbocycles. The molecule has 0 radical (unpaired) electrons. The van der Waals surface area contributed by atoms with Crippen LogP contribution in [0, 0.1) is 6.92 Å². The zero-order valence-corrected chi connectivity index (χ0v) is 26.3. The number of allylic oxidation sites excluding steroid dienone is 2. The van der Waals surface area contributed by atoms with Crippen molar-refractivity contribution in [2.75, 3.05) is 12.0 Å². The minimum Gasteiger partial charge on any atom is -0.497 e. The number of nitrogens with zero attached hydrogens (tertiary/aromatic N) is 1. The molecule has 47 heavy (non-hydrogen) atoms. The van der Waals surface area contributed by atoms with E-state index in [1.807, 2.05) is 12.1 Å². The van der Waals surface area contributed by atoms with Crippen molar-refractivity contribution in [1.82, 2.24) is 0 Å². The number of anilines is 2. The molecule has 0 unspecified atom stereocenters. The van der Waals surface area contributed by atoms with E-state index in [4.69, 9.17) is 4.74 Å². The molecule has 0 amide bonds. The minimum atomic E-state index is 0. The van der Waals surface area contributed by atoms with Gasteiger partial charge >= 0.3 is 0 Å². The first-order chi connectivity index (χ1) is 22.7. The monoisotopic (exact) mass is 611 g/mol. The molecule has 0 atom stereocenters. The van der Waals surface area contributed by atoms with Crippen LogP contribution in [0.1, 0.15) is 35.2 Å². The first kappa shape index (κ1) is 32.5. The summed E-state index contributed by atoms with van der Waals surface area (Å²) in [4.78, 5) is 2.28. The quantitative estimate of drug-likeness (QED) is 0.143. The van der Waals surface area contributed by atoms with Crippen molar-refractivity contribution < 1.29 is 4.74 Å². The van der Waals surface area contributed by atoms with Gasteiger partial charge in [0.1, 0.15) is 5.75 Å². The number of hydrogen-bond donors (Lipinski definition) is 0. The maximum atomic E-state index is 5.53. The van der Waals surface area contributed by atoms with Crippen LogP contribution in [-0.4, -0.2) is 7.11 Å². The van der Waals surface area contributed by atoms with Crippen LogP contribution in [0.5, 0.6) is 5.75 Å². The third-order valence-corrected chi connectivity index (χ3v) is 7.97. The van der Waals surface area contributed by atoms with E-state index >= 15 is 0 Å². The van der Waals surface area contributed by atoms with Crippen molar-refractivity contribution in [3.63, 3.8) is 0 Å². The fraction of sp³-hybridized carbons (Fsp3) is 0.0667. The van der Waals surface area contributed by atoms with Crippen molar-refractivity contribution in [2.45, 2.75) is 14.4 Å². The van der Waals surface area contributed by atoms with Crippen molar-refractivity contribution in [2.24, 2.45) is 0 Å². The first-order valence-corrected chi connectivity index (χ1v) is 15.5. The number of rotatable bonds is 10. The number of benzene rings is 6. The summed E-state index contributed by atoms with van der Waals surface area (Å²) in [6, 6.07) is 55.2. The second-order valence-corrected chi connectivity index (χ2v) is 11.1. The Balaban J connectivity index is 0.00000433. The third-order valence-electron chi connectivity index (χ3n) is 7.97. The Morgan fingerprint density at radius 3 is 1.55 bits per heavy atom. The van der Waals surface area contributed by atoms with Crippen molar-refractivity contribution in [3.8, 4) is 16.9 Å². The summed E-state index contributed by atoms with van der Waals surface area (Å²) in [5.74, 6) is 0.845. The summed E-state index contributed by atoms with van der Waals surface area (Å²) in [7, 11) is 1.71. The molecule has 232 valence electrons. The minimum absolute atomic E-state index is 0. The lowest BCUT2D eigenvalue weighted by Crippen LogP contribution is -2.12. The standard InChI is InChI=1S/C44H37NO.CH4/c1-34-32-42(46-2)30-31-44(34)45(33-43(39-18-8-4-9-19-39)40-20-10-5-11-21-40)41-28-26-38(27-29-41)37-24-22-36(23-25-37)17-13-12-16-35-14-6-3-7-15-35;/h3-33H,1-2H3;1H4/b16-12+,17-13+;. The second-order valence-electron chi connectivity index (χ2n) is 11.1. The van der Waals surface area contributed by atoms with Gasteiger partial charge in [-0.1, -0.05) is 159 Å². The molecule has 0 bridgehead atoms. The molecule has 6 rings (SSSR count). The Labute approximate surface area is 280 Å². The van der Waals surface area contributed by atoms with Gasteiger partial charge in [0.05, 0.1) is 7.11 Å². The fourth-order valence-electron chi connectivity index (χ4n) is 5.49. The largest absolute Gasteiger partial charge is 0.497 e. The molecule has 0 fully saturated rings. The van der Waals surface area contributed by atoms with Crippen LogP contribution in [-0.2, 0) is 0 Å². The van der Waals surface area contributed by atoms with Gasteiger partial charge in [0, 0.05) is 23.1 Å². The van der Waals surface area contributed by atoms with Crippen molar-refractivity contribution in [1.29, 1.82) is 0 Å². The van der Waals surface area contributed by atoms with Crippen LogP contribution in [0.15, 0.2) is 176 Å². The topological polar surface area (TPSA) is 12.5 Å². The SMILES string of the molecule is C.COc1ccc(N(C=C(c2ccccc2)c2ccccc2)c2ccc(-c3ccc(/C=C/C=C/c4ccccc4)cc3)cc2)c(C)c1. The number of methoxy groups -OCH3 is 1. The molecule has 0 spiro atoms. The molecule has 0 aromatic heterocycles. The van der Waals surface area contributed by atoms with Gasteiger partial charge in [-0.2, -0.15) is 0 Å². The molecule has 0 N–H and O–H groups in total. The highest BCUT2D eigenvalue weighted by Gasteiger charge is 2.15. The molecular weight excluding hydrogens is 571 g/mol. The predicted octanol–water partition coefficient (Wildman–Crippen LogP) is 12.3. The van der Waals surface area contributed by atoms with Crippen molar-refractivity contribution >= 4 is 29.1 Å². The fourth-order valence-corrected chi connectivity index (χ4v) is 5.49. The molecule has 0 heterocycles. The second kappa shape index (κ2) is 15.9. The molecule has 0 saturated heterocycles. The zero-order valence-electron chi connectivity index (χ0n) is 26.3. The molecule has 2 heteroatoms. The molecule has 0 saturated carbocycles. The predicted molar refractivity (Wildman–Crippen MR) is 203 cm³/mol. The highest BCUT2D eigenvalue weighted by molar-refractivity contribution is 5.85. The van der Waals surface area contributed by atoms with Gasteiger partial charge in [-0.25, -0.2) is 0 Å². The highest BCUT2D eigenvalue weighted by atomic mass is 16.5. The molecule has 0 aliphatic rings. The van der Waals surface area contributed by atoms with Gasteiger partial charge in [-0.3, -0.25) is 0 Å². The van der Waals surface area contributed by atoms with E-state index in [1.54, 1.807) is 7.11 Å². The van der Waals surface area contributed by atoms with Gasteiger partial charge in [-0.15, -0.1) is 0 Å². The lowest BCUT2D eigenvalue weighted by atomic mass is 9.98. The molecule has 2 nitrogen and oxygen atoms in total. The molecule has 6 aromatic rings. The normalized spacial score (nSPS) is 10.9. The van der Waals surface area contributed by atoms with Crippen LogP contribution >= 0.6 is 0 Å². The van der Waals surface area contributed by atoms with E-state index in [-0.39, 0.29) is 7.43 Å². The molecule has 6 aromatic carbocycles. The summed E-state index contributed by atoms with van der Waals surface area (Å²) in [5.41, 5.74) is 11.5. The van der Waals surface area contributed by atoms with Crippen LogP contribution in [0.25, 0.3) is 28.9 Å². The average molecular weight is 612 g/mol. The Kier molecular flexibility index (Phi) is 11.0. The van der Waals surface area contributed by atoms with E-state index in [0.717, 1.165) is 39.4 Å². The number of aryl methyl sites for hydroxylation is 1. The lowest BCUT2D eigenvalue weighted by molar-refractivity contribution is 0.414. The summed E-state index contributed by atoms with van der Waals surface area (Å²) in [5, 5.41) is 0. The van der Waals surface area contributed by atoms with Gasteiger partial charge in [-0.05, 0) is 76.2 Å². The summed E-state index contributed by atoms with van der Waals surface area (Å²) >= 11 is 0. The number of ether oxygens (including phenoxy) is 1. The van der Waals surface area contributed by atoms with Crippen LogP contribution < -0.4 is 9.64 Å². The first-order valence-electron chi connectivity index (χ1n) is 15.5. The van der Waals surface area contributed by atoms with E-state index in [2.05, 4.69) is 188 Å². The molecular formula is C45H41NO. The van der Waals surface area contributed by atoms with Crippen LogP contribution in [0.2, 0.25) is 0 Å². The van der Waals surface area contributed by atoms with E-state index < -0.39 is 0 Å². The van der Waals surface area contributed by atoms with E-state index in [1.165, 1.54) is 22.3 Å². The Morgan fingerprint density at radius 2 is 1.04 bits per heavy atom. The summed E-state index contributed by atoms with van der Waals surface area (Å²) in [6.07, 6.45) is 10.7. The third kappa shape index (κ3) is 8.25. The Hall–Kier alpha value is -5.86. The van der Waals surface area contributed by atoms with Crippen LogP contribution in [0.4, 0.5) is 11.4 Å². The Bertz CT molecular complexity index is 1900. The summed E-state index contributed by atoms with van der Waals surface area (Å²) in [6.45, 7) is 2.13. The maximum absolute atomic E-state index is 5.53.